The summed E-state index contributed by atoms with van der Waals surface area (Å²) in [5, 5.41) is 9.76. The van der Waals surface area contributed by atoms with Gasteiger partial charge in [-0.2, -0.15) is 13.2 Å². The molecule has 0 saturated carbocycles. The number of oxazole rings is 1. The summed E-state index contributed by atoms with van der Waals surface area (Å²) in [4.78, 5) is 16.6. The Morgan fingerprint density at radius 3 is 2.44 bits per heavy atom. The largest absolute Gasteiger partial charge is 0.487 e. The van der Waals surface area contributed by atoms with Crippen molar-refractivity contribution >= 4 is 27.2 Å². The number of carboxylic acids is 1. The summed E-state index contributed by atoms with van der Waals surface area (Å²) < 4.78 is 65.1. The fraction of sp³-hybridized carbons (Fsp3) is 0.179. The minimum atomic E-state index is -4.43. The third-order valence-electron chi connectivity index (χ3n) is 6.45. The Morgan fingerprint density at radius 2 is 1.79 bits per heavy atom. The first-order valence-corrected chi connectivity index (χ1v) is 13.5. The van der Waals surface area contributed by atoms with Gasteiger partial charge >= 0.3 is 12.1 Å². The van der Waals surface area contributed by atoms with E-state index < -0.39 is 33.5 Å². The molecule has 2 atom stereocenters. The van der Waals surface area contributed by atoms with E-state index in [9.17, 15) is 27.3 Å². The van der Waals surface area contributed by atoms with Crippen LogP contribution in [0.15, 0.2) is 82.1 Å². The Kier molecular flexibility index (Phi) is 6.63. The maximum absolute atomic E-state index is 13.8. The Hall–Kier alpha value is -4.25. The van der Waals surface area contributed by atoms with Crippen LogP contribution >= 0.6 is 0 Å². The number of ether oxygens (including phenoxy) is 1. The number of anilines is 1. The normalized spacial score (nSPS) is 16.5. The van der Waals surface area contributed by atoms with Crippen molar-refractivity contribution < 1.29 is 36.4 Å². The van der Waals surface area contributed by atoms with Crippen LogP contribution in [-0.2, 0) is 33.7 Å². The first-order chi connectivity index (χ1) is 18.4. The fourth-order valence-corrected chi connectivity index (χ4v) is 6.27. The predicted octanol–water partition coefficient (Wildman–Crippen LogP) is 5.75. The molecule has 1 unspecified atom stereocenters. The lowest BCUT2D eigenvalue weighted by Gasteiger charge is -2.28. The summed E-state index contributed by atoms with van der Waals surface area (Å²) in [6.45, 7) is 1.70. The fourth-order valence-electron chi connectivity index (χ4n) is 4.41. The minimum Gasteiger partial charge on any atom is -0.487 e. The number of hydrogen-bond donors (Lipinski definition) is 1. The van der Waals surface area contributed by atoms with Crippen LogP contribution in [0, 0.1) is 6.92 Å². The van der Waals surface area contributed by atoms with E-state index in [0.29, 0.717) is 33.4 Å². The van der Waals surface area contributed by atoms with Crippen LogP contribution < -0.4 is 9.04 Å². The van der Waals surface area contributed by atoms with Gasteiger partial charge in [-0.3, -0.25) is 4.31 Å². The van der Waals surface area contributed by atoms with E-state index in [0.717, 1.165) is 17.7 Å². The molecule has 1 aliphatic heterocycles. The van der Waals surface area contributed by atoms with Gasteiger partial charge < -0.3 is 14.3 Å². The maximum Gasteiger partial charge on any atom is 0.416 e. The van der Waals surface area contributed by atoms with Crippen molar-refractivity contribution in [2.75, 3.05) is 4.31 Å². The number of hydrogen-bond acceptors (Lipinski definition) is 5. The van der Waals surface area contributed by atoms with Crippen LogP contribution in [0.4, 0.5) is 18.9 Å². The number of nitrogens with zero attached hydrogens (tertiary/aromatic N) is 2. The second kappa shape index (κ2) is 9.81. The third kappa shape index (κ3) is 5.09. The molecular weight excluding hydrogens is 533 g/mol. The lowest BCUT2D eigenvalue weighted by atomic mass is 10.1. The Bertz CT molecular complexity index is 1630. The number of alkyl halides is 3. The second-order valence-electron chi connectivity index (χ2n) is 9.01. The molecule has 5 rings (SSSR count). The summed E-state index contributed by atoms with van der Waals surface area (Å²) in [5.41, 5.74) is 1.47. The zero-order chi connectivity index (χ0) is 27.9. The van der Waals surface area contributed by atoms with Crippen LogP contribution in [-0.4, -0.2) is 32.2 Å². The van der Waals surface area contributed by atoms with Crippen molar-refractivity contribution in [3.05, 3.63) is 95.4 Å². The van der Waals surface area contributed by atoms with Gasteiger partial charge in [-0.05, 0) is 73.0 Å². The van der Waals surface area contributed by atoms with Crippen molar-refractivity contribution in [3.63, 3.8) is 0 Å². The smallest absolute Gasteiger partial charge is 0.416 e. The van der Waals surface area contributed by atoms with Crippen LogP contribution in [0.1, 0.15) is 22.6 Å². The summed E-state index contributed by atoms with van der Waals surface area (Å²) in [5.74, 6) is 3.88. The van der Waals surface area contributed by atoms with E-state index in [2.05, 4.69) is 10.9 Å². The van der Waals surface area contributed by atoms with Gasteiger partial charge in [-0.15, -0.1) is 0 Å². The molecule has 1 aliphatic rings. The van der Waals surface area contributed by atoms with Crippen LogP contribution in [0.3, 0.4) is 0 Å². The highest BCUT2D eigenvalue weighted by Crippen LogP contribution is 2.37. The molecule has 0 bridgehead atoms. The van der Waals surface area contributed by atoms with E-state index in [4.69, 9.17) is 9.15 Å². The molecule has 7 nitrogen and oxygen atoms in total. The van der Waals surface area contributed by atoms with E-state index in [1.165, 1.54) is 16.4 Å². The van der Waals surface area contributed by atoms with Gasteiger partial charge in [-0.25, -0.2) is 14.0 Å². The Morgan fingerprint density at radius 1 is 1.13 bits per heavy atom. The molecule has 202 valence electrons. The van der Waals surface area contributed by atoms with Gasteiger partial charge in [0.05, 0.1) is 21.0 Å². The SMILES string of the molecule is C=S(=O)(c1ccc(OCc2nc(-c3ccc(C(F)(F)F)cc3)oc2C)cc1)N1c2ccccc2C[C@H]1C(=O)O. The molecule has 3 aromatic carbocycles. The maximum atomic E-state index is 13.8. The molecule has 2 heterocycles. The molecule has 39 heavy (non-hydrogen) atoms. The summed E-state index contributed by atoms with van der Waals surface area (Å²) in [6, 6.07) is 17.0. The van der Waals surface area contributed by atoms with Gasteiger partial charge in [-0.1, -0.05) is 18.2 Å². The van der Waals surface area contributed by atoms with E-state index in [1.54, 1.807) is 49.4 Å². The highest BCUT2D eigenvalue weighted by atomic mass is 32.2. The van der Waals surface area contributed by atoms with E-state index in [-0.39, 0.29) is 18.9 Å². The van der Waals surface area contributed by atoms with Crippen molar-refractivity contribution in [2.45, 2.75) is 37.1 Å². The van der Waals surface area contributed by atoms with Crippen LogP contribution in [0.2, 0.25) is 0 Å². The Labute approximate surface area is 222 Å². The van der Waals surface area contributed by atoms with E-state index in [1.807, 2.05) is 6.07 Å². The van der Waals surface area contributed by atoms with Crippen molar-refractivity contribution in [1.82, 2.24) is 4.98 Å². The summed E-state index contributed by atoms with van der Waals surface area (Å²) >= 11 is 0. The molecule has 0 saturated heterocycles. The second-order valence-corrected chi connectivity index (χ2v) is 11.2. The number of fused-ring (bicyclic) bond motifs is 1. The predicted molar refractivity (Wildman–Crippen MR) is 140 cm³/mol. The number of benzene rings is 3. The zero-order valence-electron chi connectivity index (χ0n) is 20.6. The molecule has 4 aromatic rings. The average molecular weight is 557 g/mol. The molecule has 1 N–H and O–H groups in total. The number of para-hydroxylation sites is 1. The standard InChI is InChI=1S/C28H23F3N2O5S/c1-17-23(32-26(38-17)18-7-9-20(10-8-18)28(29,30)31)16-37-21-11-13-22(14-12-21)39(2,36)33-24-6-4-3-5-19(24)15-25(33)27(34)35/h3-14,25H,2,15-16H2,1H3,(H,34,35)/t25-,39?/m0/s1. The highest BCUT2D eigenvalue weighted by Gasteiger charge is 2.39. The topological polar surface area (TPSA) is 92.9 Å². The summed E-state index contributed by atoms with van der Waals surface area (Å²) in [7, 11) is -3.18. The number of aliphatic carboxylic acids is 1. The van der Waals surface area contributed by atoms with Gasteiger partial charge in [0.2, 0.25) is 5.89 Å². The van der Waals surface area contributed by atoms with Crippen molar-refractivity contribution in [1.29, 1.82) is 0 Å². The van der Waals surface area contributed by atoms with Gasteiger partial charge in [0, 0.05) is 16.9 Å². The third-order valence-corrected chi connectivity index (χ3v) is 8.54. The average Bonchev–Trinajstić information content (AvgIpc) is 3.48. The Balaban J connectivity index is 1.30. The molecule has 0 aliphatic carbocycles. The van der Waals surface area contributed by atoms with Gasteiger partial charge in [0.15, 0.2) is 0 Å². The molecule has 11 heteroatoms. The number of carbonyl (C=O) groups is 1. The lowest BCUT2D eigenvalue weighted by Crippen LogP contribution is -2.42. The van der Waals surface area contributed by atoms with Gasteiger partial charge in [0.1, 0.15) is 29.9 Å². The first kappa shape index (κ1) is 26.4. The monoisotopic (exact) mass is 556 g/mol. The van der Waals surface area contributed by atoms with Gasteiger partial charge in [0.25, 0.3) is 0 Å². The zero-order valence-corrected chi connectivity index (χ0v) is 21.5. The van der Waals surface area contributed by atoms with Crippen molar-refractivity contribution in [2.24, 2.45) is 0 Å². The number of rotatable bonds is 7. The number of carboxylic acid groups (broad SMARTS) is 1. The quantitative estimate of drug-likeness (QED) is 0.291. The van der Waals surface area contributed by atoms with E-state index >= 15 is 0 Å². The molecule has 0 amide bonds. The summed E-state index contributed by atoms with van der Waals surface area (Å²) in [6.07, 6.45) is -4.21. The molecule has 0 fully saturated rings. The van der Waals surface area contributed by atoms with Crippen LogP contribution in [0.25, 0.3) is 11.5 Å². The highest BCUT2D eigenvalue weighted by molar-refractivity contribution is 8.01. The van der Waals surface area contributed by atoms with Crippen molar-refractivity contribution in [3.8, 4) is 17.2 Å². The minimum absolute atomic E-state index is 0.0235. The molecule has 0 spiro atoms. The molecular formula is C28H23F3N2O5S. The molecule has 0 radical (unpaired) electrons. The number of aromatic nitrogens is 1. The van der Waals surface area contributed by atoms with Crippen LogP contribution in [0.5, 0.6) is 5.75 Å². The number of aryl methyl sites for hydroxylation is 1. The first-order valence-electron chi connectivity index (χ1n) is 11.8. The molecule has 1 aromatic heterocycles. The number of halogens is 3. The lowest BCUT2D eigenvalue weighted by molar-refractivity contribution is -0.138.